The molecule has 132 valence electrons. The predicted molar refractivity (Wildman–Crippen MR) is 106 cm³/mol. The Hall–Kier alpha value is -1.91. The molecule has 2 aromatic rings. The molecule has 3 nitrogen and oxygen atoms in total. The zero-order chi connectivity index (χ0) is 17.9. The summed E-state index contributed by atoms with van der Waals surface area (Å²) in [6, 6.07) is 21.2. The van der Waals surface area contributed by atoms with E-state index in [0.717, 1.165) is 17.6 Å². The van der Waals surface area contributed by atoms with Crippen LogP contribution in [0.3, 0.4) is 0 Å². The number of hydroxylamine groups is 1. The highest BCUT2D eigenvalue weighted by Crippen LogP contribution is 2.37. The van der Waals surface area contributed by atoms with Gasteiger partial charge in [-0.15, -0.1) is 0 Å². The lowest BCUT2D eigenvalue weighted by atomic mass is 10.2. The van der Waals surface area contributed by atoms with Crippen molar-refractivity contribution in [2.24, 2.45) is 0 Å². The van der Waals surface area contributed by atoms with Crippen LogP contribution in [0.1, 0.15) is 33.6 Å². The van der Waals surface area contributed by atoms with Gasteiger partial charge in [0.2, 0.25) is 0 Å². The van der Waals surface area contributed by atoms with Crippen LogP contribution in [0.4, 0.5) is 0 Å². The van der Waals surface area contributed by atoms with E-state index in [-0.39, 0.29) is 11.1 Å². The first-order valence-corrected chi connectivity index (χ1v) is 10.9. The third-order valence-corrected chi connectivity index (χ3v) is 10.0. The zero-order valence-corrected chi connectivity index (χ0v) is 16.3. The normalized spacial score (nSPS) is 18.7. The van der Waals surface area contributed by atoms with Crippen molar-refractivity contribution >= 4 is 24.9 Å². The van der Waals surface area contributed by atoms with Gasteiger partial charge in [-0.1, -0.05) is 81.4 Å². The Bertz CT molecular complexity index is 683. The minimum absolute atomic E-state index is 0.0608. The molecule has 25 heavy (non-hydrogen) atoms. The molecule has 0 bridgehead atoms. The molecular formula is C21H27NO2Si. The number of hydrogen-bond acceptors (Lipinski definition) is 2. The van der Waals surface area contributed by atoms with Crippen LogP contribution >= 0.6 is 0 Å². The maximum absolute atomic E-state index is 11.9. The van der Waals surface area contributed by atoms with E-state index in [1.807, 2.05) is 12.1 Å². The molecule has 0 spiro atoms. The standard InChI is InChI=1S/C21H27NO2Si/c1-21(2,3)25(19-12-6-4-7-13-19,20-14-8-5-9-15-20)24-18-11-10-16-22(23)17-18/h4-9,12-15,17-18H,10-11,16H2,1-3H3/t18-/m0/s1. The second-order valence-corrected chi connectivity index (χ2v) is 12.0. The first-order chi connectivity index (χ1) is 11.9. The minimum Gasteiger partial charge on any atom is -0.624 e. The molecule has 1 aliphatic rings. The van der Waals surface area contributed by atoms with Crippen LogP contribution in [0.25, 0.3) is 0 Å². The van der Waals surface area contributed by atoms with E-state index in [2.05, 4.69) is 69.3 Å². The van der Waals surface area contributed by atoms with Crippen molar-refractivity contribution in [3.8, 4) is 0 Å². The van der Waals surface area contributed by atoms with Crippen LogP contribution in [0.5, 0.6) is 0 Å². The van der Waals surface area contributed by atoms with E-state index in [1.165, 1.54) is 10.4 Å². The van der Waals surface area contributed by atoms with Crippen LogP contribution in [0, 0.1) is 5.21 Å². The summed E-state index contributed by atoms with van der Waals surface area (Å²) in [4.78, 5) is 0. The molecule has 0 N–H and O–H groups in total. The zero-order valence-electron chi connectivity index (χ0n) is 15.3. The second-order valence-electron chi connectivity index (χ2n) is 7.75. The molecule has 3 rings (SSSR count). The first-order valence-electron chi connectivity index (χ1n) is 9.01. The largest absolute Gasteiger partial charge is 0.624 e. The van der Waals surface area contributed by atoms with Crippen molar-refractivity contribution in [2.45, 2.75) is 44.8 Å². The molecule has 0 saturated carbocycles. The molecule has 1 atom stereocenters. The molecular weight excluding hydrogens is 326 g/mol. The van der Waals surface area contributed by atoms with Gasteiger partial charge in [-0.2, -0.15) is 0 Å². The van der Waals surface area contributed by atoms with Gasteiger partial charge in [0.15, 0.2) is 12.8 Å². The van der Waals surface area contributed by atoms with Crippen molar-refractivity contribution in [3.05, 3.63) is 65.9 Å². The second kappa shape index (κ2) is 7.14. The lowest BCUT2D eigenvalue weighted by molar-refractivity contribution is -0.461. The van der Waals surface area contributed by atoms with Gasteiger partial charge in [0, 0.05) is 6.42 Å². The number of nitrogens with zero attached hydrogens (tertiary/aromatic N) is 1. The van der Waals surface area contributed by atoms with Crippen molar-refractivity contribution in [3.63, 3.8) is 0 Å². The average molecular weight is 354 g/mol. The lowest BCUT2D eigenvalue weighted by Crippen LogP contribution is -2.68. The minimum atomic E-state index is -2.56. The van der Waals surface area contributed by atoms with E-state index in [0.29, 0.717) is 6.54 Å². The predicted octanol–water partition coefficient (Wildman–Crippen LogP) is 3.31. The van der Waals surface area contributed by atoms with Crippen LogP contribution in [-0.4, -0.2) is 31.9 Å². The first kappa shape index (κ1) is 17.9. The highest BCUT2D eigenvalue weighted by atomic mass is 28.4. The summed E-state index contributed by atoms with van der Waals surface area (Å²) < 4.78 is 7.96. The summed E-state index contributed by atoms with van der Waals surface area (Å²) in [6.45, 7) is 7.35. The monoisotopic (exact) mass is 353 g/mol. The summed E-state index contributed by atoms with van der Waals surface area (Å²) in [5.41, 5.74) is 0. The Labute approximate surface area is 151 Å². The summed E-state index contributed by atoms with van der Waals surface area (Å²) >= 11 is 0. The Kier molecular flexibility index (Phi) is 5.11. The number of rotatable bonds is 4. The van der Waals surface area contributed by atoms with E-state index in [1.54, 1.807) is 6.21 Å². The number of benzene rings is 2. The molecule has 0 unspecified atom stereocenters. The lowest BCUT2D eigenvalue weighted by Gasteiger charge is -2.44. The highest BCUT2D eigenvalue weighted by molar-refractivity contribution is 6.99. The summed E-state index contributed by atoms with van der Waals surface area (Å²) in [5, 5.41) is 14.3. The summed E-state index contributed by atoms with van der Waals surface area (Å²) in [7, 11) is -2.56. The van der Waals surface area contributed by atoms with Crippen molar-refractivity contribution in [1.29, 1.82) is 0 Å². The van der Waals surface area contributed by atoms with E-state index < -0.39 is 8.32 Å². The van der Waals surface area contributed by atoms with Gasteiger partial charge in [0.1, 0.15) is 6.10 Å². The molecule has 1 aliphatic heterocycles. The Morgan fingerprint density at radius 2 is 1.48 bits per heavy atom. The molecule has 0 radical (unpaired) electrons. The Morgan fingerprint density at radius 3 is 1.92 bits per heavy atom. The molecule has 4 heteroatoms. The molecule has 0 fully saturated rings. The van der Waals surface area contributed by atoms with Crippen molar-refractivity contribution in [2.75, 3.05) is 6.54 Å². The van der Waals surface area contributed by atoms with Gasteiger partial charge in [0.05, 0.1) is 0 Å². The molecule has 0 aliphatic carbocycles. The van der Waals surface area contributed by atoms with Gasteiger partial charge < -0.3 is 9.63 Å². The molecule has 0 amide bonds. The molecule has 1 heterocycles. The van der Waals surface area contributed by atoms with Crippen LogP contribution in [0.15, 0.2) is 60.7 Å². The fourth-order valence-corrected chi connectivity index (χ4v) is 8.44. The quantitative estimate of drug-likeness (QED) is 0.480. The average Bonchev–Trinajstić information content (AvgIpc) is 2.60. The maximum Gasteiger partial charge on any atom is 0.262 e. The van der Waals surface area contributed by atoms with Crippen LogP contribution < -0.4 is 10.4 Å². The van der Waals surface area contributed by atoms with E-state index in [4.69, 9.17) is 4.43 Å². The van der Waals surface area contributed by atoms with Crippen molar-refractivity contribution in [1.82, 2.24) is 0 Å². The van der Waals surface area contributed by atoms with Gasteiger partial charge in [-0.3, -0.25) is 0 Å². The topological polar surface area (TPSA) is 35.3 Å². The third kappa shape index (κ3) is 3.55. The number of hydrogen-bond donors (Lipinski definition) is 0. The van der Waals surface area contributed by atoms with Crippen molar-refractivity contribution < 1.29 is 9.16 Å². The Morgan fingerprint density at radius 1 is 0.960 bits per heavy atom. The van der Waals surface area contributed by atoms with Gasteiger partial charge in [-0.25, -0.2) is 4.74 Å². The maximum atomic E-state index is 11.9. The summed E-state index contributed by atoms with van der Waals surface area (Å²) in [5.74, 6) is 0. The van der Waals surface area contributed by atoms with Gasteiger partial charge in [-0.05, 0) is 21.8 Å². The van der Waals surface area contributed by atoms with E-state index in [9.17, 15) is 5.21 Å². The summed E-state index contributed by atoms with van der Waals surface area (Å²) in [6.07, 6.45) is 3.38. The third-order valence-electron chi connectivity index (χ3n) is 4.94. The van der Waals surface area contributed by atoms with Crippen LogP contribution in [0.2, 0.25) is 5.04 Å². The van der Waals surface area contributed by atoms with E-state index >= 15 is 0 Å². The molecule has 2 aromatic carbocycles. The Balaban J connectivity index is 2.17. The van der Waals surface area contributed by atoms with Gasteiger partial charge >= 0.3 is 0 Å². The highest BCUT2D eigenvalue weighted by Gasteiger charge is 2.51. The van der Waals surface area contributed by atoms with Crippen LogP contribution in [-0.2, 0) is 4.43 Å². The fourth-order valence-electron chi connectivity index (χ4n) is 3.79. The smallest absolute Gasteiger partial charge is 0.262 e. The molecule has 0 aromatic heterocycles. The molecule has 0 saturated heterocycles. The SMILES string of the molecule is CC(C)(C)[Si](O[C@@H]1C=[N+]([O-])CCC1)(c1ccccc1)c1ccccc1. The van der Waals surface area contributed by atoms with Gasteiger partial charge in [0.25, 0.3) is 8.32 Å². The fraction of sp³-hybridized carbons (Fsp3) is 0.381.